The molecule has 2 saturated heterocycles. The Balaban J connectivity index is 1.30. The third-order valence-electron chi connectivity index (χ3n) is 6.73. The maximum atomic E-state index is 13.3. The molecular formula is C25H31FN4O5S. The number of benzene rings is 2. The summed E-state index contributed by atoms with van der Waals surface area (Å²) in [6.07, 6.45) is 2.15. The van der Waals surface area contributed by atoms with Crippen LogP contribution < -0.4 is 10.6 Å². The molecule has 0 unspecified atom stereocenters. The quantitative estimate of drug-likeness (QED) is 0.495. The van der Waals surface area contributed by atoms with Crippen LogP contribution in [0.5, 0.6) is 0 Å². The van der Waals surface area contributed by atoms with Crippen LogP contribution in [0.1, 0.15) is 31.2 Å². The minimum absolute atomic E-state index is 0.00400. The molecule has 0 saturated carbocycles. The fourth-order valence-corrected chi connectivity index (χ4v) is 6.44. The molecule has 2 amide bonds. The van der Waals surface area contributed by atoms with Gasteiger partial charge in [-0.1, -0.05) is 12.1 Å². The highest BCUT2D eigenvalue weighted by atomic mass is 32.2. The summed E-state index contributed by atoms with van der Waals surface area (Å²) in [5, 5.41) is 14.5. The summed E-state index contributed by atoms with van der Waals surface area (Å²) in [7, 11) is -3.88. The molecule has 0 aliphatic carbocycles. The van der Waals surface area contributed by atoms with Gasteiger partial charge in [0.15, 0.2) is 0 Å². The van der Waals surface area contributed by atoms with E-state index >= 15 is 0 Å². The molecule has 36 heavy (non-hydrogen) atoms. The van der Waals surface area contributed by atoms with E-state index in [0.717, 1.165) is 36.2 Å². The number of halogens is 1. The van der Waals surface area contributed by atoms with Gasteiger partial charge in [-0.15, -0.1) is 0 Å². The molecule has 2 aromatic carbocycles. The van der Waals surface area contributed by atoms with Crippen molar-refractivity contribution in [1.29, 1.82) is 0 Å². The molecule has 1 atom stereocenters. The van der Waals surface area contributed by atoms with Crippen molar-refractivity contribution < 1.29 is 27.5 Å². The van der Waals surface area contributed by atoms with Gasteiger partial charge in [-0.3, -0.25) is 4.79 Å². The van der Waals surface area contributed by atoms with Gasteiger partial charge in [0.1, 0.15) is 11.9 Å². The van der Waals surface area contributed by atoms with Gasteiger partial charge in [0.25, 0.3) is 0 Å². The fraction of sp³-hybridized carbons (Fsp3) is 0.440. The van der Waals surface area contributed by atoms with Gasteiger partial charge in [-0.05, 0) is 74.1 Å². The summed E-state index contributed by atoms with van der Waals surface area (Å²) < 4.78 is 40.7. The van der Waals surface area contributed by atoms with Crippen LogP contribution in [0, 0.1) is 5.82 Å². The van der Waals surface area contributed by atoms with E-state index in [1.165, 1.54) is 16.4 Å². The average molecular weight is 519 g/mol. The lowest BCUT2D eigenvalue weighted by Crippen LogP contribution is -2.51. The van der Waals surface area contributed by atoms with E-state index in [1.54, 1.807) is 4.90 Å². The van der Waals surface area contributed by atoms with Crippen LogP contribution in [-0.4, -0.2) is 73.0 Å². The molecule has 2 aliphatic heterocycles. The molecule has 11 heteroatoms. The Kier molecular flexibility index (Phi) is 8.10. The standard InChI is InChI=1S/C25H31FN4O5S/c26-19-5-9-22(10-6-19)36(34,35)30-15-1-2-23(30)24(31)29-16-12-21(13-17-29)28-20-7-3-18(4-8-20)11-14-27-25(32)33/h3-10,21,23,27-28H,1-2,11-17H2,(H,32,33)/t23-/m0/s1. The largest absolute Gasteiger partial charge is 0.465 e. The molecule has 194 valence electrons. The van der Waals surface area contributed by atoms with Crippen LogP contribution in [0.25, 0.3) is 0 Å². The van der Waals surface area contributed by atoms with E-state index in [0.29, 0.717) is 38.9 Å². The van der Waals surface area contributed by atoms with Gasteiger partial charge in [-0.25, -0.2) is 17.6 Å². The van der Waals surface area contributed by atoms with Crippen molar-refractivity contribution in [2.45, 2.75) is 49.1 Å². The van der Waals surface area contributed by atoms with E-state index in [-0.39, 0.29) is 23.4 Å². The lowest BCUT2D eigenvalue weighted by molar-refractivity contribution is -0.135. The average Bonchev–Trinajstić information content (AvgIpc) is 3.36. The molecule has 0 aromatic heterocycles. The monoisotopic (exact) mass is 518 g/mol. The number of sulfonamides is 1. The van der Waals surface area contributed by atoms with Crippen LogP contribution in [0.2, 0.25) is 0 Å². The van der Waals surface area contributed by atoms with Crippen molar-refractivity contribution in [3.8, 4) is 0 Å². The Labute approximate surface area is 210 Å². The summed E-state index contributed by atoms with van der Waals surface area (Å²) in [5.74, 6) is -0.681. The van der Waals surface area contributed by atoms with Crippen LogP contribution in [0.3, 0.4) is 0 Å². The Morgan fingerprint density at radius 2 is 1.64 bits per heavy atom. The zero-order chi connectivity index (χ0) is 25.7. The van der Waals surface area contributed by atoms with Crippen LogP contribution >= 0.6 is 0 Å². The van der Waals surface area contributed by atoms with Crippen molar-refractivity contribution >= 4 is 27.7 Å². The normalized spacial score (nSPS) is 19.2. The number of likely N-dealkylation sites (tertiary alicyclic amines) is 1. The first-order chi connectivity index (χ1) is 17.2. The molecule has 2 aromatic rings. The first-order valence-electron chi connectivity index (χ1n) is 12.1. The first-order valence-corrected chi connectivity index (χ1v) is 13.6. The number of rotatable bonds is 8. The van der Waals surface area contributed by atoms with Gasteiger partial charge in [0.2, 0.25) is 15.9 Å². The topological polar surface area (TPSA) is 119 Å². The van der Waals surface area contributed by atoms with Crippen LogP contribution in [-0.2, 0) is 21.2 Å². The predicted octanol–water partition coefficient (Wildman–Crippen LogP) is 2.89. The van der Waals surface area contributed by atoms with E-state index in [1.807, 2.05) is 24.3 Å². The van der Waals surface area contributed by atoms with Crippen molar-refractivity contribution in [2.24, 2.45) is 0 Å². The Hall–Kier alpha value is -3.18. The number of nitrogens with one attached hydrogen (secondary N) is 2. The highest BCUT2D eigenvalue weighted by Crippen LogP contribution is 2.28. The molecular weight excluding hydrogens is 487 g/mol. The molecule has 2 heterocycles. The number of anilines is 1. The van der Waals surface area contributed by atoms with E-state index in [4.69, 9.17) is 5.11 Å². The molecule has 4 rings (SSSR count). The third-order valence-corrected chi connectivity index (χ3v) is 8.65. The predicted molar refractivity (Wildman–Crippen MR) is 133 cm³/mol. The molecule has 9 nitrogen and oxygen atoms in total. The van der Waals surface area contributed by atoms with Gasteiger partial charge >= 0.3 is 6.09 Å². The van der Waals surface area contributed by atoms with Gasteiger partial charge in [-0.2, -0.15) is 4.31 Å². The van der Waals surface area contributed by atoms with Crippen molar-refractivity contribution in [1.82, 2.24) is 14.5 Å². The smallest absolute Gasteiger partial charge is 0.404 e. The molecule has 2 fully saturated rings. The molecule has 3 N–H and O–H groups in total. The zero-order valence-corrected chi connectivity index (χ0v) is 20.7. The Bertz CT molecular complexity index is 1170. The number of amides is 2. The second-order valence-corrected chi connectivity index (χ2v) is 11.0. The summed E-state index contributed by atoms with van der Waals surface area (Å²) >= 11 is 0. The van der Waals surface area contributed by atoms with Crippen molar-refractivity contribution in [3.05, 3.63) is 59.9 Å². The number of piperidine rings is 1. The lowest BCUT2D eigenvalue weighted by atomic mass is 10.0. The first kappa shape index (κ1) is 25.9. The number of nitrogens with zero attached hydrogens (tertiary/aromatic N) is 2. The number of carbonyl (C=O) groups is 2. The second kappa shape index (κ2) is 11.3. The number of hydrogen-bond acceptors (Lipinski definition) is 5. The van der Waals surface area contributed by atoms with E-state index < -0.39 is 28.0 Å². The lowest BCUT2D eigenvalue weighted by Gasteiger charge is -2.35. The van der Waals surface area contributed by atoms with Crippen LogP contribution in [0.15, 0.2) is 53.4 Å². The van der Waals surface area contributed by atoms with Crippen LogP contribution in [0.4, 0.5) is 14.9 Å². The SMILES string of the molecule is O=C(O)NCCc1ccc(NC2CCN(C(=O)[C@@H]3CCCN3S(=O)(=O)c3ccc(F)cc3)CC2)cc1. The van der Waals surface area contributed by atoms with Crippen molar-refractivity contribution in [3.63, 3.8) is 0 Å². The second-order valence-electron chi connectivity index (χ2n) is 9.15. The van der Waals surface area contributed by atoms with Crippen molar-refractivity contribution in [2.75, 3.05) is 31.5 Å². The maximum Gasteiger partial charge on any atom is 0.404 e. The third kappa shape index (κ3) is 6.14. The maximum absolute atomic E-state index is 13.3. The number of carboxylic acid groups (broad SMARTS) is 1. The summed E-state index contributed by atoms with van der Waals surface area (Å²) in [5.41, 5.74) is 1.99. The minimum Gasteiger partial charge on any atom is -0.465 e. The summed E-state index contributed by atoms with van der Waals surface area (Å²) in [6.45, 7) is 1.71. The number of carbonyl (C=O) groups excluding carboxylic acids is 1. The summed E-state index contributed by atoms with van der Waals surface area (Å²) in [4.78, 5) is 25.6. The molecule has 2 aliphatic rings. The highest BCUT2D eigenvalue weighted by Gasteiger charge is 2.41. The molecule has 0 bridgehead atoms. The molecule has 0 radical (unpaired) electrons. The minimum atomic E-state index is -3.88. The zero-order valence-electron chi connectivity index (χ0n) is 19.9. The Morgan fingerprint density at radius 3 is 2.28 bits per heavy atom. The Morgan fingerprint density at radius 1 is 0.972 bits per heavy atom. The summed E-state index contributed by atoms with van der Waals surface area (Å²) in [6, 6.07) is 12.0. The van der Waals surface area contributed by atoms with E-state index in [2.05, 4.69) is 10.6 Å². The van der Waals surface area contributed by atoms with Gasteiger partial charge in [0.05, 0.1) is 4.90 Å². The molecule has 0 spiro atoms. The van der Waals surface area contributed by atoms with Gasteiger partial charge in [0, 0.05) is 37.9 Å². The van der Waals surface area contributed by atoms with Gasteiger partial charge < -0.3 is 20.6 Å². The van der Waals surface area contributed by atoms with E-state index in [9.17, 15) is 22.4 Å². The number of hydrogen-bond donors (Lipinski definition) is 3. The fourth-order valence-electron chi connectivity index (χ4n) is 4.79. The highest BCUT2D eigenvalue weighted by molar-refractivity contribution is 7.89.